The summed E-state index contributed by atoms with van der Waals surface area (Å²) in [5.41, 5.74) is 1.57. The van der Waals surface area contributed by atoms with Crippen molar-refractivity contribution in [2.75, 3.05) is 38.7 Å². The number of methoxy groups -OCH3 is 1. The first-order chi connectivity index (χ1) is 15.8. The van der Waals surface area contributed by atoms with E-state index in [4.69, 9.17) is 21.7 Å². The highest BCUT2D eigenvalue weighted by Crippen LogP contribution is 2.33. The van der Waals surface area contributed by atoms with E-state index in [0.29, 0.717) is 59.0 Å². The minimum Gasteiger partial charge on any atom is -0.385 e. The number of carbonyl (C=O) groups excluding carboxylic acids is 1. The summed E-state index contributed by atoms with van der Waals surface area (Å²) in [6.07, 6.45) is 4.96. The molecule has 0 bridgehead atoms. The molecule has 1 aliphatic rings. The molecule has 178 valence electrons. The Morgan fingerprint density at radius 3 is 2.76 bits per heavy atom. The zero-order chi connectivity index (χ0) is 24.0. The van der Waals surface area contributed by atoms with Crippen LogP contribution in [0.25, 0.3) is 11.7 Å². The van der Waals surface area contributed by atoms with Crippen LogP contribution in [0.1, 0.15) is 37.8 Å². The molecule has 2 aromatic rings. The zero-order valence-electron chi connectivity index (χ0n) is 19.4. The monoisotopic (exact) mass is 490 g/mol. The summed E-state index contributed by atoms with van der Waals surface area (Å²) in [4.78, 5) is 33.0. The molecule has 0 spiro atoms. The van der Waals surface area contributed by atoms with Crippen LogP contribution in [0, 0.1) is 6.92 Å². The lowest BCUT2D eigenvalue weighted by molar-refractivity contribution is -0.122. The van der Waals surface area contributed by atoms with Gasteiger partial charge in [-0.15, -0.1) is 0 Å². The number of hydrogen-bond donors (Lipinski definition) is 1. The van der Waals surface area contributed by atoms with Gasteiger partial charge >= 0.3 is 0 Å². The average molecular weight is 491 g/mol. The molecule has 0 saturated carbocycles. The van der Waals surface area contributed by atoms with Crippen LogP contribution in [0.4, 0.5) is 5.82 Å². The van der Waals surface area contributed by atoms with E-state index in [9.17, 15) is 9.59 Å². The van der Waals surface area contributed by atoms with E-state index in [1.54, 1.807) is 24.3 Å². The Bertz CT molecular complexity index is 1110. The van der Waals surface area contributed by atoms with Gasteiger partial charge in [0.25, 0.3) is 11.5 Å². The minimum absolute atomic E-state index is 0.165. The van der Waals surface area contributed by atoms with Gasteiger partial charge in [0.1, 0.15) is 15.8 Å². The molecule has 0 unspecified atom stereocenters. The summed E-state index contributed by atoms with van der Waals surface area (Å²) in [5, 5.41) is 3.26. The summed E-state index contributed by atoms with van der Waals surface area (Å²) < 4.78 is 12.6. The molecule has 3 rings (SSSR count). The van der Waals surface area contributed by atoms with Gasteiger partial charge in [0, 0.05) is 39.6 Å². The number of hydrogen-bond acceptors (Lipinski definition) is 8. The van der Waals surface area contributed by atoms with Crippen LogP contribution in [0.15, 0.2) is 28.0 Å². The quantitative estimate of drug-likeness (QED) is 0.291. The van der Waals surface area contributed by atoms with Crippen molar-refractivity contribution in [3.8, 4) is 0 Å². The maximum Gasteiger partial charge on any atom is 0.267 e. The predicted octanol–water partition coefficient (Wildman–Crippen LogP) is 3.47. The fourth-order valence-electron chi connectivity index (χ4n) is 3.31. The standard InChI is InChI=1S/C23H30N4O4S2/c1-15(2)31-12-5-9-24-20-17(21(28)27-14-16(3)7-8-19(27)25-20)13-18-22(29)26(23(32)33-18)10-6-11-30-4/h7-8,13-15,24H,5-6,9-12H2,1-4H3. The third-order valence-electron chi connectivity index (χ3n) is 4.95. The van der Waals surface area contributed by atoms with Gasteiger partial charge in [-0.1, -0.05) is 30.0 Å². The molecule has 1 amide bonds. The minimum atomic E-state index is -0.241. The number of thioether (sulfide) groups is 1. The molecule has 1 aliphatic heterocycles. The van der Waals surface area contributed by atoms with Crippen molar-refractivity contribution in [3.63, 3.8) is 0 Å². The number of fused-ring (bicyclic) bond motifs is 1. The highest BCUT2D eigenvalue weighted by molar-refractivity contribution is 8.26. The SMILES string of the molecule is COCCCN1C(=O)C(=Cc2c(NCCCOC(C)C)nc3ccc(C)cn3c2=O)SC1=S. The fourth-order valence-corrected chi connectivity index (χ4v) is 4.60. The second-order valence-electron chi connectivity index (χ2n) is 7.99. The van der Waals surface area contributed by atoms with E-state index >= 15 is 0 Å². The van der Waals surface area contributed by atoms with Gasteiger partial charge in [-0.05, 0) is 51.3 Å². The first-order valence-corrected chi connectivity index (χ1v) is 12.2. The van der Waals surface area contributed by atoms with E-state index in [1.807, 2.05) is 32.9 Å². The largest absolute Gasteiger partial charge is 0.385 e. The van der Waals surface area contributed by atoms with Crippen LogP contribution in [-0.4, -0.2) is 64.0 Å². The first-order valence-electron chi connectivity index (χ1n) is 10.9. The Hall–Kier alpha value is -2.27. The van der Waals surface area contributed by atoms with Crippen LogP contribution in [0.5, 0.6) is 0 Å². The molecule has 0 aromatic carbocycles. The molecule has 33 heavy (non-hydrogen) atoms. The Kier molecular flexibility index (Phi) is 9.02. The first kappa shape index (κ1) is 25.4. The van der Waals surface area contributed by atoms with E-state index < -0.39 is 0 Å². The number of nitrogens with one attached hydrogen (secondary N) is 1. The number of ether oxygens (including phenoxy) is 2. The molecular weight excluding hydrogens is 460 g/mol. The van der Waals surface area contributed by atoms with Gasteiger partial charge in [0.05, 0.1) is 16.6 Å². The Morgan fingerprint density at radius 2 is 2.03 bits per heavy atom. The smallest absolute Gasteiger partial charge is 0.267 e. The molecule has 8 nitrogen and oxygen atoms in total. The summed E-state index contributed by atoms with van der Waals surface area (Å²) in [5.74, 6) is 0.240. The summed E-state index contributed by atoms with van der Waals surface area (Å²) in [6.45, 7) is 8.10. The van der Waals surface area contributed by atoms with E-state index in [2.05, 4.69) is 10.3 Å². The second-order valence-corrected chi connectivity index (χ2v) is 9.67. The summed E-state index contributed by atoms with van der Waals surface area (Å²) in [7, 11) is 1.62. The highest BCUT2D eigenvalue weighted by atomic mass is 32.2. The number of aromatic nitrogens is 2. The molecule has 1 saturated heterocycles. The van der Waals surface area contributed by atoms with Crippen molar-refractivity contribution in [2.24, 2.45) is 0 Å². The van der Waals surface area contributed by atoms with Crippen molar-refractivity contribution in [2.45, 2.75) is 39.7 Å². The maximum atomic E-state index is 13.4. The number of anilines is 1. The summed E-state index contributed by atoms with van der Waals surface area (Å²) in [6, 6.07) is 3.72. The molecule has 2 aromatic heterocycles. The number of rotatable bonds is 11. The molecule has 0 radical (unpaired) electrons. The van der Waals surface area contributed by atoms with Gasteiger partial charge < -0.3 is 14.8 Å². The average Bonchev–Trinajstić information content (AvgIpc) is 3.03. The third-order valence-corrected chi connectivity index (χ3v) is 6.33. The number of amides is 1. The molecule has 0 atom stereocenters. The van der Waals surface area contributed by atoms with Crippen LogP contribution < -0.4 is 10.9 Å². The van der Waals surface area contributed by atoms with Crippen LogP contribution in [0.2, 0.25) is 0 Å². The van der Waals surface area contributed by atoms with E-state index in [0.717, 1.165) is 12.0 Å². The lowest BCUT2D eigenvalue weighted by Crippen LogP contribution is -2.29. The molecular formula is C23H30N4O4S2. The van der Waals surface area contributed by atoms with Crippen molar-refractivity contribution < 1.29 is 14.3 Å². The third kappa shape index (κ3) is 6.41. The predicted molar refractivity (Wildman–Crippen MR) is 137 cm³/mol. The second kappa shape index (κ2) is 11.7. The van der Waals surface area contributed by atoms with Crippen molar-refractivity contribution >= 4 is 51.7 Å². The topological polar surface area (TPSA) is 85.2 Å². The van der Waals surface area contributed by atoms with Gasteiger partial charge in [-0.25, -0.2) is 4.98 Å². The summed E-state index contributed by atoms with van der Waals surface area (Å²) >= 11 is 6.60. The lowest BCUT2D eigenvalue weighted by atomic mass is 10.2. The molecule has 10 heteroatoms. The molecule has 1 N–H and O–H groups in total. The zero-order valence-corrected chi connectivity index (χ0v) is 21.1. The maximum absolute atomic E-state index is 13.4. The molecule has 0 aliphatic carbocycles. The molecule has 1 fully saturated rings. The van der Waals surface area contributed by atoms with Crippen molar-refractivity contribution in [1.29, 1.82) is 0 Å². The van der Waals surface area contributed by atoms with Crippen LogP contribution >= 0.6 is 24.0 Å². The lowest BCUT2D eigenvalue weighted by Gasteiger charge is -2.14. The van der Waals surface area contributed by atoms with E-state index in [1.165, 1.54) is 16.2 Å². The van der Waals surface area contributed by atoms with Gasteiger partial charge in [0.2, 0.25) is 0 Å². The number of aryl methyl sites for hydroxylation is 1. The van der Waals surface area contributed by atoms with E-state index in [-0.39, 0.29) is 17.6 Å². The Morgan fingerprint density at radius 1 is 1.24 bits per heavy atom. The van der Waals surface area contributed by atoms with Crippen molar-refractivity contribution in [3.05, 3.63) is 44.7 Å². The van der Waals surface area contributed by atoms with Crippen LogP contribution in [0.3, 0.4) is 0 Å². The number of nitrogens with zero attached hydrogens (tertiary/aromatic N) is 3. The van der Waals surface area contributed by atoms with Crippen molar-refractivity contribution in [1.82, 2.24) is 14.3 Å². The number of pyridine rings is 1. The van der Waals surface area contributed by atoms with Gasteiger partial charge in [-0.3, -0.25) is 18.9 Å². The highest BCUT2D eigenvalue weighted by Gasteiger charge is 2.32. The number of thiocarbonyl (C=S) groups is 1. The van der Waals surface area contributed by atoms with Gasteiger partial charge in [-0.2, -0.15) is 0 Å². The van der Waals surface area contributed by atoms with Gasteiger partial charge in [0.15, 0.2) is 0 Å². The Balaban J connectivity index is 1.92. The van der Waals surface area contributed by atoms with Crippen LogP contribution in [-0.2, 0) is 14.3 Å². The Labute approximate surface area is 203 Å². The fraction of sp³-hybridized carbons (Fsp3) is 0.478. The molecule has 3 heterocycles. The number of carbonyl (C=O) groups is 1. The normalized spacial score (nSPS) is 15.4.